The van der Waals surface area contributed by atoms with Gasteiger partial charge in [-0.15, -0.1) is 0 Å². The summed E-state index contributed by atoms with van der Waals surface area (Å²) in [6.45, 7) is 0. The molecule has 0 N–H and O–H groups in total. The minimum Gasteiger partial charge on any atom is -0.256 e. The van der Waals surface area contributed by atoms with Crippen LogP contribution in [0.2, 0.25) is 0 Å². The highest BCUT2D eigenvalue weighted by Gasteiger charge is 2.25. The molecule has 0 spiro atoms. The van der Waals surface area contributed by atoms with E-state index in [0.717, 1.165) is 10.8 Å². The van der Waals surface area contributed by atoms with E-state index in [2.05, 4.69) is 29.2 Å². The first kappa shape index (κ1) is 7.39. The number of para-hydroxylation sites is 1. The van der Waals surface area contributed by atoms with Crippen molar-refractivity contribution in [2.75, 3.05) is 5.75 Å². The fourth-order valence-corrected chi connectivity index (χ4v) is 2.29. The number of fused-ring (bicyclic) bond motifs is 1. The number of nitrogens with zero attached hydrogens (tertiary/aromatic N) is 1. The van der Waals surface area contributed by atoms with Gasteiger partial charge in [0.1, 0.15) is 0 Å². The van der Waals surface area contributed by atoms with Gasteiger partial charge in [-0.2, -0.15) is 11.8 Å². The second-order valence-corrected chi connectivity index (χ2v) is 4.48. The van der Waals surface area contributed by atoms with E-state index < -0.39 is 0 Å². The predicted molar refractivity (Wildman–Crippen MR) is 56.9 cm³/mol. The van der Waals surface area contributed by atoms with Crippen molar-refractivity contribution in [1.29, 1.82) is 0 Å². The maximum Gasteiger partial charge on any atom is 0.0705 e. The molecule has 2 aromatic rings. The van der Waals surface area contributed by atoms with E-state index in [0.29, 0.717) is 0 Å². The molecule has 13 heavy (non-hydrogen) atoms. The highest BCUT2D eigenvalue weighted by molar-refractivity contribution is 8.06. The van der Waals surface area contributed by atoms with Crippen LogP contribution in [0.4, 0.5) is 0 Å². The van der Waals surface area contributed by atoms with E-state index in [1.807, 2.05) is 24.0 Å². The Morgan fingerprint density at radius 3 is 2.92 bits per heavy atom. The van der Waals surface area contributed by atoms with Crippen molar-refractivity contribution in [2.45, 2.75) is 5.25 Å². The molecule has 1 aromatic heterocycles. The number of benzene rings is 1. The average Bonchev–Trinajstić information content (AvgIpc) is 3.00. The molecule has 3 rings (SSSR count). The minimum atomic E-state index is 0.730. The lowest BCUT2D eigenvalue weighted by Crippen LogP contribution is -1.85. The van der Waals surface area contributed by atoms with Crippen LogP contribution in [-0.4, -0.2) is 10.7 Å². The molecular weight excluding hydrogens is 178 g/mol. The fourth-order valence-electron chi connectivity index (χ4n) is 1.63. The van der Waals surface area contributed by atoms with Gasteiger partial charge in [-0.3, -0.25) is 4.98 Å². The van der Waals surface area contributed by atoms with Gasteiger partial charge < -0.3 is 0 Å². The van der Waals surface area contributed by atoms with Crippen molar-refractivity contribution in [3.8, 4) is 0 Å². The average molecular weight is 187 g/mol. The third kappa shape index (κ3) is 1.22. The van der Waals surface area contributed by atoms with Crippen molar-refractivity contribution in [3.05, 3.63) is 42.1 Å². The summed E-state index contributed by atoms with van der Waals surface area (Å²) < 4.78 is 0. The van der Waals surface area contributed by atoms with Crippen LogP contribution in [0.15, 0.2) is 36.5 Å². The van der Waals surface area contributed by atoms with Crippen LogP contribution in [0.5, 0.6) is 0 Å². The number of hydrogen-bond donors (Lipinski definition) is 0. The molecule has 2 heteroatoms. The standard InChI is InChI=1S/C11H9NS/c1-2-4-10-8(3-1)9(5-6-12-10)11-7-13-11/h1-6,11H,7H2. The fraction of sp³-hybridized carbons (Fsp3) is 0.182. The van der Waals surface area contributed by atoms with E-state index in [-0.39, 0.29) is 0 Å². The van der Waals surface area contributed by atoms with E-state index >= 15 is 0 Å². The van der Waals surface area contributed by atoms with Gasteiger partial charge in [-0.25, -0.2) is 0 Å². The molecule has 0 saturated carbocycles. The van der Waals surface area contributed by atoms with Crippen LogP contribution in [-0.2, 0) is 0 Å². The summed E-state index contributed by atoms with van der Waals surface area (Å²) in [6, 6.07) is 10.5. The molecular formula is C11H9NS. The normalized spacial score (nSPS) is 20.5. The SMILES string of the molecule is c1ccc2c(C3CS3)ccnc2c1. The van der Waals surface area contributed by atoms with Gasteiger partial charge in [0.2, 0.25) is 0 Å². The van der Waals surface area contributed by atoms with E-state index in [1.165, 1.54) is 16.7 Å². The predicted octanol–water partition coefficient (Wildman–Crippen LogP) is 3.02. The Bertz CT molecular complexity index is 443. The number of pyridine rings is 1. The van der Waals surface area contributed by atoms with Gasteiger partial charge in [0.15, 0.2) is 0 Å². The summed E-state index contributed by atoms with van der Waals surface area (Å²) in [6.07, 6.45) is 1.91. The van der Waals surface area contributed by atoms with Crippen molar-refractivity contribution in [1.82, 2.24) is 4.98 Å². The summed E-state index contributed by atoms with van der Waals surface area (Å²) in [5.74, 6) is 1.27. The van der Waals surface area contributed by atoms with Crippen LogP contribution < -0.4 is 0 Å². The first-order chi connectivity index (χ1) is 6.45. The van der Waals surface area contributed by atoms with Gasteiger partial charge in [-0.05, 0) is 17.7 Å². The molecule has 1 unspecified atom stereocenters. The molecule has 0 bridgehead atoms. The molecule has 1 atom stereocenters. The highest BCUT2D eigenvalue weighted by Crippen LogP contribution is 2.47. The van der Waals surface area contributed by atoms with E-state index in [4.69, 9.17) is 0 Å². The second kappa shape index (κ2) is 2.74. The molecule has 2 heterocycles. The zero-order valence-electron chi connectivity index (χ0n) is 7.10. The van der Waals surface area contributed by atoms with Crippen LogP contribution in [0.1, 0.15) is 10.8 Å². The molecule has 1 saturated heterocycles. The zero-order valence-corrected chi connectivity index (χ0v) is 7.92. The minimum absolute atomic E-state index is 0.730. The van der Waals surface area contributed by atoms with Gasteiger partial charge in [0, 0.05) is 22.6 Å². The van der Waals surface area contributed by atoms with Gasteiger partial charge in [-0.1, -0.05) is 18.2 Å². The Labute approximate surface area is 81.2 Å². The van der Waals surface area contributed by atoms with Crippen LogP contribution in [0.3, 0.4) is 0 Å². The van der Waals surface area contributed by atoms with Crippen molar-refractivity contribution >= 4 is 22.7 Å². The number of rotatable bonds is 1. The van der Waals surface area contributed by atoms with Crippen molar-refractivity contribution < 1.29 is 0 Å². The molecule has 1 aliphatic rings. The Hall–Kier alpha value is -1.02. The first-order valence-corrected chi connectivity index (χ1v) is 5.45. The summed E-state index contributed by atoms with van der Waals surface area (Å²) in [5.41, 5.74) is 2.57. The van der Waals surface area contributed by atoms with E-state index in [1.54, 1.807) is 0 Å². The lowest BCUT2D eigenvalue weighted by Gasteiger charge is -2.01. The summed E-state index contributed by atoms with van der Waals surface area (Å²) in [7, 11) is 0. The molecule has 64 valence electrons. The third-order valence-corrected chi connectivity index (χ3v) is 3.28. The molecule has 1 nitrogen and oxygen atoms in total. The van der Waals surface area contributed by atoms with Gasteiger partial charge in [0.25, 0.3) is 0 Å². The third-order valence-electron chi connectivity index (χ3n) is 2.36. The van der Waals surface area contributed by atoms with Crippen LogP contribution in [0, 0.1) is 0 Å². The van der Waals surface area contributed by atoms with Crippen LogP contribution in [0.25, 0.3) is 10.9 Å². The lowest BCUT2D eigenvalue weighted by atomic mass is 10.1. The smallest absolute Gasteiger partial charge is 0.0705 e. The maximum atomic E-state index is 4.34. The Morgan fingerprint density at radius 1 is 1.23 bits per heavy atom. The van der Waals surface area contributed by atoms with Crippen molar-refractivity contribution in [3.63, 3.8) is 0 Å². The summed E-state index contributed by atoms with van der Waals surface area (Å²) in [4.78, 5) is 4.34. The first-order valence-electron chi connectivity index (χ1n) is 4.40. The number of thioether (sulfide) groups is 1. The Morgan fingerprint density at radius 2 is 2.08 bits per heavy atom. The quantitative estimate of drug-likeness (QED) is 0.636. The molecule has 0 amide bonds. The topological polar surface area (TPSA) is 12.9 Å². The zero-order chi connectivity index (χ0) is 8.67. The van der Waals surface area contributed by atoms with Crippen LogP contribution >= 0.6 is 11.8 Å². The second-order valence-electron chi connectivity index (χ2n) is 3.24. The number of hydrogen-bond acceptors (Lipinski definition) is 2. The van der Waals surface area contributed by atoms with Gasteiger partial charge >= 0.3 is 0 Å². The Kier molecular flexibility index (Phi) is 1.56. The highest BCUT2D eigenvalue weighted by atomic mass is 32.2. The summed E-state index contributed by atoms with van der Waals surface area (Å²) >= 11 is 2.01. The monoisotopic (exact) mass is 187 g/mol. The molecule has 1 aliphatic heterocycles. The Balaban J connectivity index is 2.32. The van der Waals surface area contributed by atoms with Gasteiger partial charge in [0.05, 0.1) is 5.52 Å². The molecule has 1 fully saturated rings. The summed E-state index contributed by atoms with van der Waals surface area (Å²) in [5, 5.41) is 2.05. The van der Waals surface area contributed by atoms with Crippen molar-refractivity contribution in [2.24, 2.45) is 0 Å². The molecule has 1 aromatic carbocycles. The van der Waals surface area contributed by atoms with E-state index in [9.17, 15) is 0 Å². The number of aromatic nitrogens is 1. The molecule has 0 radical (unpaired) electrons. The molecule has 0 aliphatic carbocycles. The lowest BCUT2D eigenvalue weighted by molar-refractivity contribution is 1.23. The largest absolute Gasteiger partial charge is 0.256 e. The maximum absolute atomic E-state index is 4.34.